The van der Waals surface area contributed by atoms with Gasteiger partial charge in [0.2, 0.25) is 0 Å². The van der Waals surface area contributed by atoms with Gasteiger partial charge in [-0.1, -0.05) is 22.3 Å². The summed E-state index contributed by atoms with van der Waals surface area (Å²) in [7, 11) is 2.04. The second kappa shape index (κ2) is 11.6. The number of nitrogens with zero attached hydrogens (tertiary/aromatic N) is 2. The molecule has 0 spiro atoms. The molecule has 170 valence electrons. The number of nitriles is 1. The van der Waals surface area contributed by atoms with Gasteiger partial charge >= 0.3 is 14.1 Å². The van der Waals surface area contributed by atoms with Crippen molar-refractivity contribution >= 4 is 20.4 Å². The van der Waals surface area contributed by atoms with Crippen LogP contribution in [0.1, 0.15) is 5.56 Å². The Morgan fingerprint density at radius 3 is 1.70 bits per heavy atom. The van der Waals surface area contributed by atoms with Crippen molar-refractivity contribution in [3.8, 4) is 29.1 Å². The third kappa shape index (κ3) is 6.39. The molecule has 0 heterocycles. The highest BCUT2D eigenvalue weighted by molar-refractivity contribution is 7.97. The lowest BCUT2D eigenvalue weighted by molar-refractivity contribution is -0.107. The summed E-state index contributed by atoms with van der Waals surface area (Å²) in [4.78, 5) is 0.843. The fraction of sp³-hybridized carbons (Fsp3) is 0.208. The van der Waals surface area contributed by atoms with E-state index in [9.17, 15) is 9.83 Å². The van der Waals surface area contributed by atoms with Crippen molar-refractivity contribution in [3.63, 3.8) is 0 Å². The van der Waals surface area contributed by atoms with E-state index in [-0.39, 0.29) is 6.54 Å². The van der Waals surface area contributed by atoms with E-state index in [1.165, 1.54) is 16.3 Å². The molecule has 3 aromatic carbocycles. The normalized spacial score (nSPS) is 11.1. The second-order valence-electron chi connectivity index (χ2n) is 6.84. The van der Waals surface area contributed by atoms with Gasteiger partial charge in [-0.05, 0) is 79.5 Å². The molecule has 0 saturated heterocycles. The Hall–Kier alpha value is -3.24. The first-order valence-electron chi connectivity index (χ1n) is 9.96. The van der Waals surface area contributed by atoms with Crippen molar-refractivity contribution < 1.29 is 23.5 Å². The molecule has 0 aliphatic heterocycles. The fourth-order valence-corrected chi connectivity index (χ4v) is 4.39. The first-order valence-corrected chi connectivity index (χ1v) is 11.6. The van der Waals surface area contributed by atoms with Gasteiger partial charge in [0.1, 0.15) is 29.5 Å². The quantitative estimate of drug-likeness (QED) is 0.150. The molecule has 0 aliphatic carbocycles. The molecule has 33 heavy (non-hydrogen) atoms. The van der Waals surface area contributed by atoms with Crippen molar-refractivity contribution in [2.24, 2.45) is 0 Å². The van der Waals surface area contributed by atoms with Crippen molar-refractivity contribution in [1.82, 2.24) is 4.31 Å². The molecule has 9 heteroatoms. The van der Waals surface area contributed by atoms with Crippen molar-refractivity contribution in [1.29, 1.82) is 5.26 Å². The van der Waals surface area contributed by atoms with Crippen LogP contribution < -0.4 is 18.9 Å². The first-order chi connectivity index (χ1) is 16.0. The van der Waals surface area contributed by atoms with Crippen LogP contribution >= 0.6 is 20.4 Å². The predicted octanol–water partition coefficient (Wildman–Crippen LogP) is 5.64. The maximum atomic E-state index is 12.7. The summed E-state index contributed by atoms with van der Waals surface area (Å²) in [5, 5.41) is 9.54. The van der Waals surface area contributed by atoms with Gasteiger partial charge in [-0.25, -0.2) is 0 Å². The van der Waals surface area contributed by atoms with Crippen LogP contribution in [0.5, 0.6) is 23.0 Å². The average molecular weight is 484 g/mol. The minimum absolute atomic E-state index is 0.111. The topological polar surface area (TPSA) is 81.0 Å². The van der Waals surface area contributed by atoms with Gasteiger partial charge in [0.15, 0.2) is 0 Å². The van der Waals surface area contributed by atoms with E-state index in [1.54, 1.807) is 62.8 Å². The Morgan fingerprint density at radius 1 is 0.848 bits per heavy atom. The number of methoxy groups -OCH3 is 2. The van der Waals surface area contributed by atoms with Gasteiger partial charge in [0, 0.05) is 4.90 Å². The Kier molecular flexibility index (Phi) is 8.56. The highest BCUT2D eigenvalue weighted by Gasteiger charge is 2.53. The van der Waals surface area contributed by atoms with Crippen LogP contribution in [0, 0.1) is 18.3 Å². The van der Waals surface area contributed by atoms with E-state index >= 15 is 0 Å². The highest BCUT2D eigenvalue weighted by Crippen LogP contribution is 2.41. The third-order valence-electron chi connectivity index (χ3n) is 4.54. The zero-order valence-electron chi connectivity index (χ0n) is 18.5. The molecule has 0 aromatic heterocycles. The highest BCUT2D eigenvalue weighted by atomic mass is 32.2. The van der Waals surface area contributed by atoms with Gasteiger partial charge in [0.25, 0.3) is 0 Å². The van der Waals surface area contributed by atoms with E-state index in [4.69, 9.17) is 18.9 Å². The number of hydrogen-bond acceptors (Lipinski definition) is 8. The molecule has 0 N–H and O–H groups in total. The minimum Gasteiger partial charge on any atom is -0.497 e. The van der Waals surface area contributed by atoms with E-state index in [0.29, 0.717) is 23.0 Å². The van der Waals surface area contributed by atoms with Crippen LogP contribution in [0.3, 0.4) is 0 Å². The van der Waals surface area contributed by atoms with E-state index in [2.05, 4.69) is 6.07 Å². The van der Waals surface area contributed by atoms with Crippen molar-refractivity contribution in [3.05, 3.63) is 78.4 Å². The maximum absolute atomic E-state index is 12.7. The summed E-state index contributed by atoms with van der Waals surface area (Å²) in [5.74, 6) is 2.10. The van der Waals surface area contributed by atoms with E-state index in [1.807, 2.05) is 31.2 Å². The van der Waals surface area contributed by atoms with Gasteiger partial charge < -0.3 is 18.9 Å². The third-order valence-corrected chi connectivity index (χ3v) is 6.51. The summed E-state index contributed by atoms with van der Waals surface area (Å²) in [6.07, 6.45) is 0. The number of aryl methyl sites for hydroxylation is 1. The van der Waals surface area contributed by atoms with Gasteiger partial charge in [0.05, 0.1) is 20.3 Å². The smallest absolute Gasteiger partial charge is 0.497 e. The van der Waals surface area contributed by atoms with Gasteiger partial charge in [-0.15, -0.1) is 4.31 Å². The molecule has 0 amide bonds. The molecular formula is C24H24N2O5PS+. The molecule has 0 radical (unpaired) electrons. The average Bonchev–Trinajstić information content (AvgIpc) is 2.85. The minimum atomic E-state index is -1.78. The molecule has 1 unspecified atom stereocenters. The molecule has 0 bridgehead atoms. The van der Waals surface area contributed by atoms with Crippen LogP contribution in [0.15, 0.2) is 77.7 Å². The Bertz CT molecular complexity index is 1040. The molecular weight excluding hydrogens is 459 g/mol. The molecule has 7 nitrogen and oxygen atoms in total. The van der Waals surface area contributed by atoms with Crippen LogP contribution in [-0.4, -0.2) is 30.7 Å². The standard InChI is InChI=1S/C24H23N2O5PS/c1-18-4-14-23(15-5-18)33-26(17-16-25)24(32-27,30-21-10-6-19(28-2)7-11-21)31-22-12-8-20(29-3)9-13-22/h4-15H,17H2,1-3H3/p+1. The molecule has 0 saturated carbocycles. The van der Waals surface area contributed by atoms with Crippen LogP contribution in [0.2, 0.25) is 0 Å². The number of benzene rings is 3. The second-order valence-corrected chi connectivity index (χ2v) is 8.77. The summed E-state index contributed by atoms with van der Waals surface area (Å²) in [5.41, 5.74) is -0.679. The maximum Gasteiger partial charge on any atom is 0.535 e. The largest absolute Gasteiger partial charge is 0.535 e. The SMILES string of the molecule is COc1ccc(OC(Oc2ccc(OC)cc2)([PH+]=O)N(CC#N)Sc2ccc(C)cc2)cc1. The Morgan fingerprint density at radius 2 is 1.30 bits per heavy atom. The molecule has 1 atom stereocenters. The Labute approximate surface area is 199 Å². The summed E-state index contributed by atoms with van der Waals surface area (Å²) in [6.45, 7) is 1.88. The summed E-state index contributed by atoms with van der Waals surface area (Å²) < 4.78 is 37.0. The molecule has 0 fully saturated rings. The lowest BCUT2D eigenvalue weighted by Gasteiger charge is -2.30. The van der Waals surface area contributed by atoms with E-state index < -0.39 is 14.1 Å². The molecule has 0 aliphatic rings. The van der Waals surface area contributed by atoms with Crippen LogP contribution in [0.4, 0.5) is 0 Å². The Balaban J connectivity index is 2.00. The lowest BCUT2D eigenvalue weighted by atomic mass is 10.2. The van der Waals surface area contributed by atoms with Crippen LogP contribution in [0.25, 0.3) is 0 Å². The zero-order valence-corrected chi connectivity index (χ0v) is 20.3. The summed E-state index contributed by atoms with van der Waals surface area (Å²) in [6, 6.07) is 23.5. The fourth-order valence-electron chi connectivity index (χ4n) is 2.81. The van der Waals surface area contributed by atoms with Crippen molar-refractivity contribution in [2.45, 2.75) is 17.5 Å². The van der Waals surface area contributed by atoms with Gasteiger partial charge in [-0.2, -0.15) is 5.26 Å². The van der Waals surface area contributed by atoms with E-state index in [0.717, 1.165) is 10.5 Å². The van der Waals surface area contributed by atoms with Gasteiger partial charge in [-0.3, -0.25) is 0 Å². The number of ether oxygens (including phenoxy) is 4. The molecule has 3 rings (SSSR count). The number of hydrogen-bond donors (Lipinski definition) is 0. The lowest BCUT2D eigenvalue weighted by Crippen LogP contribution is -2.50. The van der Waals surface area contributed by atoms with Crippen molar-refractivity contribution in [2.75, 3.05) is 20.8 Å². The molecule has 3 aromatic rings. The monoisotopic (exact) mass is 483 g/mol. The predicted molar refractivity (Wildman–Crippen MR) is 128 cm³/mol. The zero-order chi connectivity index (χ0) is 23.7. The summed E-state index contributed by atoms with van der Waals surface area (Å²) >= 11 is 1.23. The first kappa shape index (κ1) is 24.4. The van der Waals surface area contributed by atoms with Crippen LogP contribution in [-0.2, 0) is 4.57 Å². The number of rotatable bonds is 11.